The number of hydrogen-bond acceptors (Lipinski definition) is 10. The summed E-state index contributed by atoms with van der Waals surface area (Å²) in [6.45, 7) is -0.782. The van der Waals surface area contributed by atoms with Gasteiger partial charge in [-0.1, -0.05) is 0 Å². The van der Waals surface area contributed by atoms with Crippen molar-refractivity contribution < 1.29 is 33.8 Å². The normalized spacial score (nSPS) is 29.7. The standard InChI is InChI=1S/C9H14N3O8P/c10-5-1-2-12(9(15)11-5)8-7(14)6(13)4(20-8)3-19-21(16,17)18/h1-2,4,6-8,13-14H,3H2,(H2,10,11,15)(H2,16,17,18)/p-2/t4-,6-,7+,8+/m1/s1. The molecule has 4 N–H and O–H groups in total. The van der Waals surface area contributed by atoms with E-state index in [4.69, 9.17) is 10.5 Å². The molecule has 0 radical (unpaired) electrons. The number of ether oxygens (including phenoxy) is 1. The van der Waals surface area contributed by atoms with E-state index in [9.17, 15) is 29.4 Å². The molecule has 1 aliphatic heterocycles. The Morgan fingerprint density at radius 2 is 2.14 bits per heavy atom. The van der Waals surface area contributed by atoms with Gasteiger partial charge in [-0.05, 0) is 6.07 Å². The highest BCUT2D eigenvalue weighted by molar-refractivity contribution is 7.43. The van der Waals surface area contributed by atoms with Crippen LogP contribution >= 0.6 is 7.82 Å². The molecule has 12 heteroatoms. The van der Waals surface area contributed by atoms with Crippen LogP contribution in [0.2, 0.25) is 0 Å². The third kappa shape index (κ3) is 3.66. The van der Waals surface area contributed by atoms with Gasteiger partial charge in [0.25, 0.3) is 0 Å². The van der Waals surface area contributed by atoms with Crippen LogP contribution in [0.15, 0.2) is 17.1 Å². The summed E-state index contributed by atoms with van der Waals surface area (Å²) in [6.07, 6.45) is -4.51. The molecule has 0 bridgehead atoms. The van der Waals surface area contributed by atoms with Crippen molar-refractivity contribution in [3.05, 3.63) is 22.7 Å². The lowest BCUT2D eigenvalue weighted by Gasteiger charge is -2.30. The van der Waals surface area contributed by atoms with Crippen molar-refractivity contribution in [2.45, 2.75) is 24.5 Å². The largest absolute Gasteiger partial charge is 0.790 e. The van der Waals surface area contributed by atoms with Crippen molar-refractivity contribution >= 4 is 13.6 Å². The van der Waals surface area contributed by atoms with Crippen LogP contribution in [-0.2, 0) is 13.8 Å². The number of nitrogens with zero attached hydrogens (tertiary/aromatic N) is 2. The van der Waals surface area contributed by atoms with E-state index in [1.54, 1.807) is 0 Å². The zero-order valence-corrected chi connectivity index (χ0v) is 11.3. The smallest absolute Gasteiger partial charge is 0.351 e. The van der Waals surface area contributed by atoms with Gasteiger partial charge in [0.1, 0.15) is 24.1 Å². The summed E-state index contributed by atoms with van der Waals surface area (Å²) < 4.78 is 20.4. The number of anilines is 1. The zero-order valence-electron chi connectivity index (χ0n) is 10.4. The van der Waals surface area contributed by atoms with E-state index in [2.05, 4.69) is 9.51 Å². The Labute approximate surface area is 117 Å². The first-order valence-corrected chi connectivity index (χ1v) is 7.18. The molecule has 11 nitrogen and oxygen atoms in total. The van der Waals surface area contributed by atoms with Crippen LogP contribution in [0.5, 0.6) is 0 Å². The molecule has 118 valence electrons. The lowest BCUT2D eigenvalue weighted by Crippen LogP contribution is -2.36. The summed E-state index contributed by atoms with van der Waals surface area (Å²) in [6, 6.07) is 1.27. The first-order valence-electron chi connectivity index (χ1n) is 5.72. The van der Waals surface area contributed by atoms with Crippen LogP contribution in [0.3, 0.4) is 0 Å². The second-order valence-corrected chi connectivity index (χ2v) is 5.48. The van der Waals surface area contributed by atoms with E-state index in [0.29, 0.717) is 0 Å². The number of nitrogens with two attached hydrogens (primary N) is 1. The lowest BCUT2D eigenvalue weighted by molar-refractivity contribution is -0.343. The van der Waals surface area contributed by atoms with E-state index < -0.39 is 44.7 Å². The average Bonchev–Trinajstić information content (AvgIpc) is 2.64. The van der Waals surface area contributed by atoms with Crippen molar-refractivity contribution in [3.8, 4) is 0 Å². The summed E-state index contributed by atoms with van der Waals surface area (Å²) in [5.41, 5.74) is 4.49. The molecular weight excluding hydrogens is 309 g/mol. The van der Waals surface area contributed by atoms with Crippen molar-refractivity contribution in [2.75, 3.05) is 12.3 Å². The summed E-state index contributed by atoms with van der Waals surface area (Å²) in [5, 5.41) is 19.6. The molecule has 0 amide bonds. The fraction of sp³-hybridized carbons (Fsp3) is 0.556. The predicted molar refractivity (Wildman–Crippen MR) is 62.4 cm³/mol. The average molecular weight is 321 g/mol. The van der Waals surface area contributed by atoms with E-state index in [1.165, 1.54) is 12.3 Å². The minimum atomic E-state index is -5.24. The van der Waals surface area contributed by atoms with Crippen molar-refractivity contribution in [2.24, 2.45) is 0 Å². The van der Waals surface area contributed by atoms with Crippen LogP contribution < -0.4 is 21.2 Å². The number of aliphatic hydroxyl groups is 2. The molecular formula is C9H12N3O8P-2. The molecule has 0 aliphatic carbocycles. The summed E-state index contributed by atoms with van der Waals surface area (Å²) >= 11 is 0. The van der Waals surface area contributed by atoms with Crippen molar-refractivity contribution in [3.63, 3.8) is 0 Å². The number of aromatic nitrogens is 2. The highest BCUT2D eigenvalue weighted by Gasteiger charge is 2.44. The molecule has 0 unspecified atom stereocenters. The Bertz CT molecular complexity index is 615. The summed E-state index contributed by atoms with van der Waals surface area (Å²) in [7, 11) is -5.24. The Kier molecular flexibility index (Phi) is 4.44. The molecule has 21 heavy (non-hydrogen) atoms. The number of hydrogen-bond donors (Lipinski definition) is 3. The van der Waals surface area contributed by atoms with Gasteiger partial charge in [0.2, 0.25) is 0 Å². The van der Waals surface area contributed by atoms with E-state index >= 15 is 0 Å². The molecule has 0 aromatic carbocycles. The molecule has 4 atom stereocenters. The molecule has 1 aromatic rings. The van der Waals surface area contributed by atoms with Gasteiger partial charge in [-0.3, -0.25) is 4.57 Å². The minimum absolute atomic E-state index is 0.0391. The van der Waals surface area contributed by atoms with Gasteiger partial charge in [0.15, 0.2) is 6.23 Å². The van der Waals surface area contributed by atoms with Crippen LogP contribution in [0.1, 0.15) is 6.23 Å². The Morgan fingerprint density at radius 1 is 1.48 bits per heavy atom. The first kappa shape index (κ1) is 16.0. The summed E-state index contributed by atoms with van der Waals surface area (Å²) in [5.74, 6) is -0.0391. The van der Waals surface area contributed by atoms with Crippen molar-refractivity contribution in [1.29, 1.82) is 0 Å². The van der Waals surface area contributed by atoms with E-state index in [1.807, 2.05) is 0 Å². The molecule has 1 aliphatic rings. The van der Waals surface area contributed by atoms with Crippen LogP contribution in [0.25, 0.3) is 0 Å². The Balaban J connectivity index is 2.16. The third-order valence-electron chi connectivity index (χ3n) is 2.86. The number of phosphoric acid groups is 1. The zero-order chi connectivity index (χ0) is 15.8. The highest BCUT2D eigenvalue weighted by atomic mass is 31.2. The third-order valence-corrected chi connectivity index (χ3v) is 3.33. The number of phosphoric ester groups is 1. The number of aliphatic hydroxyl groups excluding tert-OH is 2. The van der Waals surface area contributed by atoms with Gasteiger partial charge in [-0.2, -0.15) is 4.98 Å². The van der Waals surface area contributed by atoms with Gasteiger partial charge in [0.05, 0.1) is 14.4 Å². The topological polar surface area (TPSA) is 183 Å². The molecule has 1 saturated heterocycles. The fourth-order valence-corrected chi connectivity index (χ4v) is 2.21. The van der Waals surface area contributed by atoms with E-state index in [0.717, 1.165) is 4.57 Å². The molecule has 1 aromatic heterocycles. The fourth-order valence-electron chi connectivity index (χ4n) is 1.88. The van der Waals surface area contributed by atoms with Crippen LogP contribution in [-0.4, -0.2) is 44.7 Å². The van der Waals surface area contributed by atoms with Gasteiger partial charge >= 0.3 is 5.69 Å². The summed E-state index contributed by atoms with van der Waals surface area (Å²) in [4.78, 5) is 35.8. The van der Waals surface area contributed by atoms with E-state index in [-0.39, 0.29) is 5.82 Å². The highest BCUT2D eigenvalue weighted by Crippen LogP contribution is 2.32. The maximum atomic E-state index is 11.6. The van der Waals surface area contributed by atoms with Gasteiger partial charge in [-0.15, -0.1) is 0 Å². The number of nitrogen functional groups attached to an aromatic ring is 1. The monoisotopic (exact) mass is 321 g/mol. The lowest BCUT2D eigenvalue weighted by atomic mass is 10.1. The Hall–Kier alpha value is -1.33. The molecule has 0 spiro atoms. The molecule has 2 heterocycles. The number of rotatable bonds is 4. The maximum Gasteiger partial charge on any atom is 0.351 e. The quantitative estimate of drug-likeness (QED) is 0.466. The molecule has 1 fully saturated rings. The molecule has 0 saturated carbocycles. The van der Waals surface area contributed by atoms with Gasteiger partial charge in [0, 0.05) is 6.20 Å². The molecule has 2 rings (SSSR count). The minimum Gasteiger partial charge on any atom is -0.790 e. The van der Waals surface area contributed by atoms with Crippen molar-refractivity contribution in [1.82, 2.24) is 9.55 Å². The maximum absolute atomic E-state index is 11.6. The van der Waals surface area contributed by atoms with Crippen LogP contribution in [0, 0.1) is 0 Å². The predicted octanol–water partition coefficient (Wildman–Crippen LogP) is -3.71. The van der Waals surface area contributed by atoms with Crippen LogP contribution in [0.4, 0.5) is 5.82 Å². The second kappa shape index (κ2) is 5.81. The van der Waals surface area contributed by atoms with Gasteiger partial charge in [-0.25, -0.2) is 4.79 Å². The first-order chi connectivity index (χ1) is 9.69. The van der Waals surface area contributed by atoms with Gasteiger partial charge < -0.3 is 39.6 Å². The Morgan fingerprint density at radius 3 is 2.71 bits per heavy atom. The SMILES string of the molecule is Nc1ccn([C@H]2O[C@H](COP(=O)([O-])[O-])[C@@H](O)[C@@H]2O)c(=O)n1. The second-order valence-electron chi connectivity index (χ2n) is 4.33.